The molecule has 0 saturated heterocycles. The highest BCUT2D eigenvalue weighted by Gasteiger charge is 2.53. The molecular formula is C52H39NSi. The standard InChI is InChI=1S/C52H39NSi/c1-51(2)42-27-13-15-29-44(42)52(45-30-16-14-28-43(45)51)46-34-33-39(35-49(46)53-48-32-17-12-25-40(48)41-26-18-31-47(52)50(41)53)54(36-19-6-3-7-20-36,37-21-8-4-9-22-37)38-23-10-5-11-24-38/h3-35H,1-2H3. The lowest BCUT2D eigenvalue weighted by Gasteiger charge is -2.50. The van der Waals surface area contributed by atoms with E-state index in [0.29, 0.717) is 0 Å². The summed E-state index contributed by atoms with van der Waals surface area (Å²) in [6.07, 6.45) is 0. The zero-order chi connectivity index (χ0) is 36.1. The maximum absolute atomic E-state index is 2.82. The Kier molecular flexibility index (Phi) is 6.60. The Morgan fingerprint density at radius 3 is 1.41 bits per heavy atom. The Labute approximate surface area is 317 Å². The number of nitrogens with zero attached hydrogens (tertiary/aromatic N) is 1. The van der Waals surface area contributed by atoms with E-state index in [-0.39, 0.29) is 5.41 Å². The van der Waals surface area contributed by atoms with Crippen LogP contribution in [0.3, 0.4) is 0 Å². The van der Waals surface area contributed by atoms with Crippen molar-refractivity contribution in [3.63, 3.8) is 0 Å². The van der Waals surface area contributed by atoms with Gasteiger partial charge in [-0.15, -0.1) is 0 Å². The van der Waals surface area contributed by atoms with Gasteiger partial charge in [-0.1, -0.05) is 202 Å². The van der Waals surface area contributed by atoms with Crippen LogP contribution < -0.4 is 20.7 Å². The molecule has 1 spiro atoms. The molecule has 0 saturated carbocycles. The van der Waals surface area contributed by atoms with Crippen LogP contribution in [0.2, 0.25) is 0 Å². The van der Waals surface area contributed by atoms with Crippen molar-refractivity contribution in [3.05, 3.63) is 234 Å². The van der Waals surface area contributed by atoms with E-state index in [2.05, 4.69) is 219 Å². The smallest absolute Gasteiger partial charge is 0.179 e. The predicted octanol–water partition coefficient (Wildman–Crippen LogP) is 9.50. The molecule has 8 aromatic carbocycles. The third-order valence-corrected chi connectivity index (χ3v) is 17.6. The zero-order valence-corrected chi connectivity index (χ0v) is 31.5. The molecule has 0 N–H and O–H groups in total. The first-order valence-corrected chi connectivity index (χ1v) is 21.1. The highest BCUT2D eigenvalue weighted by Crippen LogP contribution is 2.60. The third kappa shape index (κ3) is 3.88. The predicted molar refractivity (Wildman–Crippen MR) is 228 cm³/mol. The summed E-state index contributed by atoms with van der Waals surface area (Å²) in [6.45, 7) is 4.81. The van der Waals surface area contributed by atoms with E-state index in [1.54, 1.807) is 0 Å². The Morgan fingerprint density at radius 1 is 0.370 bits per heavy atom. The van der Waals surface area contributed by atoms with Crippen LogP contribution in [-0.4, -0.2) is 12.6 Å². The molecule has 54 heavy (non-hydrogen) atoms. The third-order valence-electron chi connectivity index (χ3n) is 12.8. The zero-order valence-electron chi connectivity index (χ0n) is 30.5. The number of hydrogen-bond donors (Lipinski definition) is 0. The Balaban J connectivity index is 1.36. The maximum Gasteiger partial charge on any atom is 0.179 e. The minimum Gasteiger partial charge on any atom is -0.309 e. The molecule has 1 nitrogen and oxygen atoms in total. The molecule has 1 aliphatic heterocycles. The SMILES string of the molecule is CC1(C)c2ccccc2C2(c3ccc([Si](c4ccccc4)(c4ccccc4)c4ccccc4)cc3-n3c4ccccc4c4cccc2c43)c2ccccc21. The molecule has 0 fully saturated rings. The highest BCUT2D eigenvalue weighted by atomic mass is 28.3. The van der Waals surface area contributed by atoms with Gasteiger partial charge in [-0.05, 0) is 66.3 Å². The van der Waals surface area contributed by atoms with Gasteiger partial charge in [0.2, 0.25) is 0 Å². The van der Waals surface area contributed by atoms with Crippen molar-refractivity contribution in [2.75, 3.05) is 0 Å². The van der Waals surface area contributed by atoms with E-state index in [4.69, 9.17) is 0 Å². The van der Waals surface area contributed by atoms with E-state index in [1.807, 2.05) is 0 Å². The van der Waals surface area contributed by atoms with Crippen LogP contribution >= 0.6 is 0 Å². The number of hydrogen-bond acceptors (Lipinski definition) is 0. The molecule has 0 atom stereocenters. The number of aromatic nitrogens is 1. The minimum absolute atomic E-state index is 0.160. The maximum atomic E-state index is 2.61. The molecule has 2 aliphatic rings. The molecule has 11 rings (SSSR count). The van der Waals surface area contributed by atoms with Gasteiger partial charge >= 0.3 is 0 Å². The molecule has 0 bridgehead atoms. The van der Waals surface area contributed by atoms with Gasteiger partial charge in [0.05, 0.1) is 22.1 Å². The van der Waals surface area contributed by atoms with Gasteiger partial charge in [0.15, 0.2) is 8.07 Å². The molecular weight excluding hydrogens is 667 g/mol. The molecule has 1 aromatic heterocycles. The number of benzene rings is 8. The summed E-state index contributed by atoms with van der Waals surface area (Å²) >= 11 is 0. The van der Waals surface area contributed by atoms with Gasteiger partial charge in [-0.2, -0.15) is 0 Å². The van der Waals surface area contributed by atoms with E-state index in [1.165, 1.54) is 81.6 Å². The Hall–Kier alpha value is -6.22. The molecule has 2 heteroatoms. The van der Waals surface area contributed by atoms with Gasteiger partial charge in [0.25, 0.3) is 0 Å². The fraction of sp³-hybridized carbons (Fsp3) is 0.0769. The number of fused-ring (bicyclic) bond motifs is 11. The first kappa shape index (κ1) is 31.3. The van der Waals surface area contributed by atoms with Crippen molar-refractivity contribution in [1.82, 2.24) is 4.57 Å². The topological polar surface area (TPSA) is 4.93 Å². The van der Waals surface area contributed by atoms with Crippen LogP contribution in [0.25, 0.3) is 27.5 Å². The van der Waals surface area contributed by atoms with Gasteiger partial charge in [0, 0.05) is 16.2 Å². The van der Waals surface area contributed by atoms with Crippen molar-refractivity contribution in [3.8, 4) is 5.69 Å². The summed E-state index contributed by atoms with van der Waals surface area (Å²) in [5, 5.41) is 8.11. The lowest BCUT2D eigenvalue weighted by atomic mass is 9.53. The fourth-order valence-electron chi connectivity index (χ4n) is 10.6. The van der Waals surface area contributed by atoms with E-state index in [9.17, 15) is 0 Å². The quantitative estimate of drug-likeness (QED) is 0.127. The van der Waals surface area contributed by atoms with Crippen LogP contribution in [0.1, 0.15) is 47.2 Å². The lowest BCUT2D eigenvalue weighted by molar-refractivity contribution is 0.556. The van der Waals surface area contributed by atoms with Gasteiger partial charge in [0.1, 0.15) is 0 Å². The van der Waals surface area contributed by atoms with Crippen molar-refractivity contribution < 1.29 is 0 Å². The molecule has 256 valence electrons. The van der Waals surface area contributed by atoms with Crippen LogP contribution in [0.15, 0.2) is 200 Å². The summed E-state index contributed by atoms with van der Waals surface area (Å²) < 4.78 is 2.61. The van der Waals surface area contributed by atoms with Crippen LogP contribution in [0.5, 0.6) is 0 Å². The minimum atomic E-state index is -2.82. The second-order valence-corrected chi connectivity index (χ2v) is 19.4. The summed E-state index contributed by atoms with van der Waals surface area (Å²) in [5.74, 6) is 0. The molecule has 0 unspecified atom stereocenters. The summed E-state index contributed by atoms with van der Waals surface area (Å²) in [7, 11) is -2.82. The van der Waals surface area contributed by atoms with Crippen molar-refractivity contribution in [1.29, 1.82) is 0 Å². The molecule has 9 aromatic rings. The Morgan fingerprint density at radius 2 is 0.833 bits per heavy atom. The fourth-order valence-corrected chi connectivity index (χ4v) is 15.4. The Bertz CT molecular complexity index is 2760. The molecule has 2 heterocycles. The average molecular weight is 706 g/mol. The first-order valence-electron chi connectivity index (χ1n) is 19.1. The second kappa shape index (κ2) is 11.4. The first-order chi connectivity index (χ1) is 26.6. The second-order valence-electron chi connectivity index (χ2n) is 15.6. The molecule has 0 amide bonds. The van der Waals surface area contributed by atoms with Gasteiger partial charge in [-0.3, -0.25) is 0 Å². The summed E-state index contributed by atoms with van der Waals surface area (Å²) in [6, 6.07) is 76.1. The van der Waals surface area contributed by atoms with Crippen LogP contribution in [0.4, 0.5) is 0 Å². The van der Waals surface area contributed by atoms with Crippen LogP contribution in [0, 0.1) is 0 Å². The molecule has 0 radical (unpaired) electrons. The number of para-hydroxylation sites is 2. The highest BCUT2D eigenvalue weighted by molar-refractivity contribution is 7.19. The summed E-state index contributed by atoms with van der Waals surface area (Å²) in [5.41, 5.74) is 11.4. The normalized spacial score (nSPS) is 14.8. The average Bonchev–Trinajstić information content (AvgIpc) is 3.58. The van der Waals surface area contributed by atoms with Gasteiger partial charge in [-0.25, -0.2) is 0 Å². The monoisotopic (exact) mass is 705 g/mol. The number of rotatable bonds is 4. The van der Waals surface area contributed by atoms with E-state index >= 15 is 0 Å². The van der Waals surface area contributed by atoms with Crippen molar-refractivity contribution >= 4 is 50.6 Å². The van der Waals surface area contributed by atoms with E-state index < -0.39 is 13.5 Å². The lowest BCUT2D eigenvalue weighted by Crippen LogP contribution is -2.74. The summed E-state index contributed by atoms with van der Waals surface area (Å²) in [4.78, 5) is 0. The molecule has 1 aliphatic carbocycles. The largest absolute Gasteiger partial charge is 0.309 e. The van der Waals surface area contributed by atoms with E-state index in [0.717, 1.165) is 0 Å². The van der Waals surface area contributed by atoms with Crippen molar-refractivity contribution in [2.24, 2.45) is 0 Å². The van der Waals surface area contributed by atoms with Crippen LogP contribution in [-0.2, 0) is 10.8 Å². The van der Waals surface area contributed by atoms with Crippen molar-refractivity contribution in [2.45, 2.75) is 24.7 Å². The van der Waals surface area contributed by atoms with Gasteiger partial charge < -0.3 is 4.57 Å².